The number of nitrogens with zero attached hydrogens (tertiary/aromatic N) is 1. The third-order valence-electron chi connectivity index (χ3n) is 3.11. The minimum atomic E-state index is -3.59. The molecule has 0 atom stereocenters. The van der Waals surface area contributed by atoms with Crippen LogP contribution >= 0.6 is 23.2 Å². The summed E-state index contributed by atoms with van der Waals surface area (Å²) < 4.78 is 26.8. The van der Waals surface area contributed by atoms with E-state index in [1.165, 1.54) is 10.4 Å². The fourth-order valence-corrected chi connectivity index (χ4v) is 4.38. The van der Waals surface area contributed by atoms with Crippen LogP contribution in [0.15, 0.2) is 17.0 Å². The zero-order chi connectivity index (χ0) is 16.0. The van der Waals surface area contributed by atoms with Crippen molar-refractivity contribution < 1.29 is 8.42 Å². The van der Waals surface area contributed by atoms with Crippen molar-refractivity contribution >= 4 is 33.2 Å². The minimum absolute atomic E-state index is 0.122. The van der Waals surface area contributed by atoms with Crippen LogP contribution in [0.5, 0.6) is 0 Å². The smallest absolute Gasteiger partial charge is 0.244 e. The van der Waals surface area contributed by atoms with Gasteiger partial charge in [-0.2, -0.15) is 4.31 Å². The lowest BCUT2D eigenvalue weighted by atomic mass is 10.2. The van der Waals surface area contributed by atoms with Gasteiger partial charge in [0.2, 0.25) is 10.0 Å². The van der Waals surface area contributed by atoms with Crippen molar-refractivity contribution in [3.8, 4) is 0 Å². The number of nitrogens with one attached hydrogen (secondary N) is 1. The van der Waals surface area contributed by atoms with Gasteiger partial charge in [0.15, 0.2) is 0 Å². The van der Waals surface area contributed by atoms with Crippen LogP contribution in [-0.2, 0) is 16.6 Å². The van der Waals surface area contributed by atoms with Crippen LogP contribution in [0.25, 0.3) is 0 Å². The number of hydrogen-bond donors (Lipinski definition) is 1. The van der Waals surface area contributed by atoms with Gasteiger partial charge >= 0.3 is 0 Å². The third-order valence-corrected chi connectivity index (χ3v) is 5.90. The molecule has 0 aliphatic heterocycles. The van der Waals surface area contributed by atoms with Crippen LogP contribution in [0, 0.1) is 0 Å². The molecule has 0 saturated carbocycles. The van der Waals surface area contributed by atoms with Crippen LogP contribution < -0.4 is 5.32 Å². The average molecular weight is 353 g/mol. The SMILES string of the molecule is CCCN(CC)S(=O)(=O)c1cc(CNCC)c(Cl)cc1Cl. The van der Waals surface area contributed by atoms with Gasteiger partial charge in [-0.15, -0.1) is 0 Å². The van der Waals surface area contributed by atoms with E-state index >= 15 is 0 Å². The van der Waals surface area contributed by atoms with E-state index in [9.17, 15) is 8.42 Å². The molecule has 7 heteroatoms. The molecule has 1 aromatic rings. The molecule has 0 aliphatic rings. The van der Waals surface area contributed by atoms with E-state index in [2.05, 4.69) is 5.32 Å². The van der Waals surface area contributed by atoms with Crippen LogP contribution in [0.4, 0.5) is 0 Å². The van der Waals surface area contributed by atoms with E-state index in [4.69, 9.17) is 23.2 Å². The lowest BCUT2D eigenvalue weighted by molar-refractivity contribution is 0.427. The minimum Gasteiger partial charge on any atom is -0.313 e. The Morgan fingerprint density at radius 1 is 1.14 bits per heavy atom. The summed E-state index contributed by atoms with van der Waals surface area (Å²) in [5.41, 5.74) is 0.731. The van der Waals surface area contributed by atoms with Gasteiger partial charge in [-0.3, -0.25) is 0 Å². The van der Waals surface area contributed by atoms with Crippen molar-refractivity contribution in [2.75, 3.05) is 19.6 Å². The predicted molar refractivity (Wildman–Crippen MR) is 88.6 cm³/mol. The first-order chi connectivity index (χ1) is 9.88. The van der Waals surface area contributed by atoms with Gasteiger partial charge in [0.1, 0.15) is 4.90 Å². The highest BCUT2D eigenvalue weighted by Gasteiger charge is 2.26. The first-order valence-electron chi connectivity index (χ1n) is 7.07. The Morgan fingerprint density at radius 2 is 1.81 bits per heavy atom. The molecule has 0 fully saturated rings. The number of hydrogen-bond acceptors (Lipinski definition) is 3. The van der Waals surface area contributed by atoms with E-state index in [-0.39, 0.29) is 9.92 Å². The Labute approximate surface area is 137 Å². The molecule has 21 heavy (non-hydrogen) atoms. The van der Waals surface area contributed by atoms with Gasteiger partial charge in [-0.1, -0.05) is 44.0 Å². The van der Waals surface area contributed by atoms with Crippen molar-refractivity contribution in [2.24, 2.45) is 0 Å². The second-order valence-electron chi connectivity index (χ2n) is 4.65. The van der Waals surface area contributed by atoms with E-state index in [0.717, 1.165) is 18.5 Å². The maximum atomic E-state index is 12.7. The van der Waals surface area contributed by atoms with Crippen molar-refractivity contribution in [1.29, 1.82) is 0 Å². The van der Waals surface area contributed by atoms with Crippen molar-refractivity contribution in [3.63, 3.8) is 0 Å². The Morgan fingerprint density at radius 3 is 2.33 bits per heavy atom. The summed E-state index contributed by atoms with van der Waals surface area (Å²) in [5, 5.41) is 3.77. The molecule has 0 amide bonds. The van der Waals surface area contributed by atoms with Gasteiger partial charge in [-0.25, -0.2) is 8.42 Å². The molecule has 1 N–H and O–H groups in total. The van der Waals surface area contributed by atoms with Gasteiger partial charge in [0, 0.05) is 24.7 Å². The first kappa shape index (κ1) is 18.7. The second kappa shape index (κ2) is 8.34. The van der Waals surface area contributed by atoms with Crippen molar-refractivity contribution in [3.05, 3.63) is 27.7 Å². The molecule has 0 heterocycles. The molecule has 0 saturated heterocycles. The summed E-state index contributed by atoms with van der Waals surface area (Å²) in [6.45, 7) is 7.90. The molecule has 0 unspecified atom stereocenters. The van der Waals surface area contributed by atoms with Crippen LogP contribution in [0.3, 0.4) is 0 Å². The van der Waals surface area contributed by atoms with Gasteiger partial charge in [0.05, 0.1) is 5.02 Å². The highest BCUT2D eigenvalue weighted by molar-refractivity contribution is 7.89. The Kier molecular flexibility index (Phi) is 7.44. The monoisotopic (exact) mass is 352 g/mol. The van der Waals surface area contributed by atoms with E-state index < -0.39 is 10.0 Å². The summed E-state index contributed by atoms with van der Waals surface area (Å²) in [6, 6.07) is 3.07. The molecule has 1 aromatic carbocycles. The molecule has 0 aliphatic carbocycles. The van der Waals surface area contributed by atoms with E-state index in [0.29, 0.717) is 24.7 Å². The normalized spacial score (nSPS) is 12.1. The summed E-state index contributed by atoms with van der Waals surface area (Å²) in [6.07, 6.45) is 0.753. The zero-order valence-corrected chi connectivity index (χ0v) is 14.9. The van der Waals surface area contributed by atoms with E-state index in [1.807, 2.05) is 20.8 Å². The first-order valence-corrected chi connectivity index (χ1v) is 9.26. The Bertz CT molecular complexity index is 577. The summed E-state index contributed by atoms with van der Waals surface area (Å²) in [7, 11) is -3.59. The molecule has 0 spiro atoms. The lowest BCUT2D eigenvalue weighted by Crippen LogP contribution is -2.32. The molecule has 0 radical (unpaired) electrons. The maximum Gasteiger partial charge on any atom is 0.244 e. The molecule has 4 nitrogen and oxygen atoms in total. The summed E-state index contributed by atoms with van der Waals surface area (Å²) in [5.74, 6) is 0. The van der Waals surface area contributed by atoms with Crippen molar-refractivity contribution in [2.45, 2.75) is 38.6 Å². The van der Waals surface area contributed by atoms with Gasteiger partial charge < -0.3 is 5.32 Å². The highest BCUT2D eigenvalue weighted by Crippen LogP contribution is 2.30. The maximum absolute atomic E-state index is 12.7. The average Bonchev–Trinajstić information content (AvgIpc) is 2.43. The number of halogens is 2. The Balaban J connectivity index is 3.27. The second-order valence-corrected chi connectivity index (χ2v) is 7.37. The molecular weight excluding hydrogens is 331 g/mol. The topological polar surface area (TPSA) is 49.4 Å². The third kappa shape index (κ3) is 4.57. The van der Waals surface area contributed by atoms with Crippen LogP contribution in [0.2, 0.25) is 10.0 Å². The molecular formula is C14H22Cl2N2O2S. The highest BCUT2D eigenvalue weighted by atomic mass is 35.5. The standard InChI is InChI=1S/C14H22Cl2N2O2S/c1-4-7-18(6-3)21(19,20)14-8-11(10-17-5-2)12(15)9-13(14)16/h8-9,17H,4-7,10H2,1-3H3. The predicted octanol–water partition coefficient (Wildman–Crippen LogP) is 3.52. The largest absolute Gasteiger partial charge is 0.313 e. The zero-order valence-electron chi connectivity index (χ0n) is 12.6. The fraction of sp³-hybridized carbons (Fsp3) is 0.571. The summed E-state index contributed by atoms with van der Waals surface area (Å²) in [4.78, 5) is 0.122. The molecule has 1 rings (SSSR count). The molecule has 120 valence electrons. The summed E-state index contributed by atoms with van der Waals surface area (Å²) >= 11 is 12.2. The number of benzene rings is 1. The van der Waals surface area contributed by atoms with Crippen LogP contribution in [-0.4, -0.2) is 32.4 Å². The number of sulfonamides is 1. The van der Waals surface area contributed by atoms with Crippen molar-refractivity contribution in [1.82, 2.24) is 9.62 Å². The van der Waals surface area contributed by atoms with Crippen LogP contribution in [0.1, 0.15) is 32.8 Å². The Hall–Kier alpha value is -0.330. The van der Waals surface area contributed by atoms with Gasteiger partial charge in [-0.05, 0) is 30.7 Å². The molecule has 0 bridgehead atoms. The lowest BCUT2D eigenvalue weighted by Gasteiger charge is -2.21. The fourth-order valence-electron chi connectivity index (χ4n) is 2.00. The van der Waals surface area contributed by atoms with Gasteiger partial charge in [0.25, 0.3) is 0 Å². The quantitative estimate of drug-likeness (QED) is 0.778. The van der Waals surface area contributed by atoms with E-state index in [1.54, 1.807) is 6.07 Å². The molecule has 0 aromatic heterocycles. The number of rotatable bonds is 8.